The third-order valence-corrected chi connectivity index (χ3v) is 10.2. The van der Waals surface area contributed by atoms with Crippen LogP contribution >= 0.6 is 23.5 Å². The molecule has 38 heavy (non-hydrogen) atoms. The molecule has 1 aromatic heterocycles. The van der Waals surface area contributed by atoms with Crippen LogP contribution in [0.25, 0.3) is 0 Å². The number of fused-ring (bicyclic) bond motifs is 2. The van der Waals surface area contributed by atoms with Crippen molar-refractivity contribution < 1.29 is 9.47 Å². The van der Waals surface area contributed by atoms with Crippen molar-refractivity contribution in [2.24, 2.45) is 0 Å². The van der Waals surface area contributed by atoms with E-state index in [1.807, 2.05) is 42.8 Å². The van der Waals surface area contributed by atoms with Crippen molar-refractivity contribution in [2.75, 3.05) is 63.2 Å². The predicted octanol–water partition coefficient (Wildman–Crippen LogP) is 5.09. The summed E-state index contributed by atoms with van der Waals surface area (Å²) in [6, 6.07) is 17.0. The molecule has 0 aliphatic carbocycles. The number of rotatable bonds is 7. The number of anilines is 2. The molecule has 2 N–H and O–H groups in total. The van der Waals surface area contributed by atoms with E-state index in [9.17, 15) is 4.79 Å². The Balaban J connectivity index is 1.11. The van der Waals surface area contributed by atoms with E-state index in [0.717, 1.165) is 39.0 Å². The first-order valence-electron chi connectivity index (χ1n) is 13.3. The van der Waals surface area contributed by atoms with Gasteiger partial charge in [0.05, 0.1) is 12.7 Å². The summed E-state index contributed by atoms with van der Waals surface area (Å²) in [6.45, 7) is 6.18. The van der Waals surface area contributed by atoms with Crippen LogP contribution in [0.5, 0.6) is 0 Å². The molecule has 9 heteroatoms. The minimum absolute atomic E-state index is 0.0535. The Bertz CT molecular complexity index is 1330. The number of nitrogens with zero attached hydrogens (tertiary/aromatic N) is 2. The molecule has 7 nitrogen and oxygen atoms in total. The van der Waals surface area contributed by atoms with Crippen molar-refractivity contribution in [3.8, 4) is 0 Å². The summed E-state index contributed by atoms with van der Waals surface area (Å²) in [5, 5.41) is 3.63. The minimum atomic E-state index is -0.0807. The Morgan fingerprint density at radius 1 is 1.05 bits per heavy atom. The van der Waals surface area contributed by atoms with E-state index in [0.29, 0.717) is 31.5 Å². The van der Waals surface area contributed by atoms with Crippen LogP contribution in [0.3, 0.4) is 0 Å². The molecule has 2 fully saturated rings. The number of piperidine rings is 1. The zero-order valence-electron chi connectivity index (χ0n) is 21.7. The number of methoxy groups -OCH3 is 1. The second-order valence-electron chi connectivity index (χ2n) is 9.93. The molecule has 0 saturated carbocycles. The van der Waals surface area contributed by atoms with Crippen molar-refractivity contribution in [1.82, 2.24) is 9.88 Å². The van der Waals surface area contributed by atoms with E-state index in [1.165, 1.54) is 30.8 Å². The van der Waals surface area contributed by atoms with Crippen LogP contribution in [0.2, 0.25) is 0 Å². The summed E-state index contributed by atoms with van der Waals surface area (Å²) < 4.78 is 11.7. The number of hydrogen-bond acceptors (Lipinski definition) is 8. The maximum atomic E-state index is 12.4. The van der Waals surface area contributed by atoms with Crippen LogP contribution < -0.4 is 15.8 Å². The lowest BCUT2D eigenvalue weighted by Gasteiger charge is -2.35. The highest BCUT2D eigenvalue weighted by atomic mass is 32.2. The van der Waals surface area contributed by atoms with Gasteiger partial charge in [0.2, 0.25) is 0 Å². The first-order chi connectivity index (χ1) is 18.7. The van der Waals surface area contributed by atoms with Gasteiger partial charge in [-0.25, -0.2) is 0 Å². The first kappa shape index (κ1) is 25.8. The van der Waals surface area contributed by atoms with Gasteiger partial charge >= 0.3 is 0 Å². The molecule has 0 radical (unpaired) electrons. The third-order valence-electron chi connectivity index (χ3n) is 7.56. The van der Waals surface area contributed by atoms with Gasteiger partial charge in [0.25, 0.3) is 5.56 Å². The molecular weight excluding hydrogens is 516 g/mol. The summed E-state index contributed by atoms with van der Waals surface area (Å²) in [5.74, 6) is 0. The molecule has 1 atom stereocenters. The van der Waals surface area contributed by atoms with Crippen molar-refractivity contribution in [3.05, 3.63) is 70.6 Å². The lowest BCUT2D eigenvalue weighted by atomic mass is 10.1. The fourth-order valence-electron chi connectivity index (χ4n) is 5.43. The van der Waals surface area contributed by atoms with Crippen molar-refractivity contribution in [2.45, 2.75) is 44.6 Å². The molecule has 0 amide bonds. The van der Waals surface area contributed by atoms with Gasteiger partial charge in [-0.1, -0.05) is 35.7 Å². The van der Waals surface area contributed by atoms with Gasteiger partial charge in [0.1, 0.15) is 11.8 Å². The molecule has 1 unspecified atom stereocenters. The smallest absolute Gasteiger partial charge is 0.271 e. The molecule has 3 aromatic rings. The van der Waals surface area contributed by atoms with Crippen LogP contribution in [0, 0.1) is 0 Å². The van der Waals surface area contributed by atoms with Gasteiger partial charge in [0, 0.05) is 77.8 Å². The highest BCUT2D eigenvalue weighted by molar-refractivity contribution is 8.05. The molecule has 3 aliphatic rings. The Labute approximate surface area is 232 Å². The Morgan fingerprint density at radius 2 is 1.95 bits per heavy atom. The summed E-state index contributed by atoms with van der Waals surface area (Å²) in [5.41, 5.74) is 3.02. The summed E-state index contributed by atoms with van der Waals surface area (Å²) in [4.78, 5) is 24.9. The summed E-state index contributed by atoms with van der Waals surface area (Å²) >= 11 is 3.65. The van der Waals surface area contributed by atoms with E-state index >= 15 is 0 Å². The number of benzene rings is 2. The predicted molar refractivity (Wildman–Crippen MR) is 154 cm³/mol. The normalized spacial score (nSPS) is 20.1. The molecule has 2 aromatic carbocycles. The maximum absolute atomic E-state index is 12.4. The number of H-pyrrole nitrogens is 1. The summed E-state index contributed by atoms with van der Waals surface area (Å²) in [6.07, 6.45) is 4.27. The second kappa shape index (κ2) is 11.8. The van der Waals surface area contributed by atoms with E-state index in [-0.39, 0.29) is 11.7 Å². The number of pyridine rings is 1. The largest absolute Gasteiger partial charge is 0.384 e. The minimum Gasteiger partial charge on any atom is -0.384 e. The number of nitrogens with one attached hydrogen (secondary N) is 2. The van der Waals surface area contributed by atoms with Crippen molar-refractivity contribution in [1.29, 1.82) is 0 Å². The van der Waals surface area contributed by atoms with E-state index in [2.05, 4.69) is 56.5 Å². The van der Waals surface area contributed by atoms with Crippen LogP contribution in [-0.4, -0.2) is 69.0 Å². The number of likely N-dealkylation sites (tertiary alicyclic amines) is 1. The lowest BCUT2D eigenvalue weighted by molar-refractivity contribution is 0.0378. The summed E-state index contributed by atoms with van der Waals surface area (Å²) in [7, 11) is 1.82. The van der Waals surface area contributed by atoms with E-state index < -0.39 is 0 Å². The zero-order valence-corrected chi connectivity index (χ0v) is 23.3. The first-order valence-corrected chi connectivity index (χ1v) is 15.0. The molecule has 3 aliphatic heterocycles. The molecule has 2 saturated heterocycles. The average Bonchev–Trinajstić information content (AvgIpc) is 2.96. The van der Waals surface area contributed by atoms with E-state index in [1.54, 1.807) is 6.20 Å². The standard InChI is InChI=1S/C29H34N4O3S2/c1-35-21-9-13-32(14-10-21)15-12-30-20-7-8-25-27(18-20)37-26-6-2-4-22(28(26)38-25)24-19-33(16-17-36-24)23-5-3-11-31-29(23)34/h2-8,11,18,21,24,30H,9-10,12-17,19H2,1H3,(H,31,34). The van der Waals surface area contributed by atoms with Crippen molar-refractivity contribution in [3.63, 3.8) is 0 Å². The number of aromatic amines is 1. The van der Waals surface area contributed by atoms with Gasteiger partial charge in [-0.2, -0.15) is 0 Å². The fraction of sp³-hybridized carbons (Fsp3) is 0.414. The van der Waals surface area contributed by atoms with Gasteiger partial charge in [-0.05, 0) is 54.8 Å². The quantitative estimate of drug-likeness (QED) is 0.330. The monoisotopic (exact) mass is 550 g/mol. The van der Waals surface area contributed by atoms with Gasteiger partial charge < -0.3 is 29.6 Å². The Hall–Kier alpha value is -2.43. The molecule has 4 heterocycles. The maximum Gasteiger partial charge on any atom is 0.271 e. The molecule has 200 valence electrons. The van der Waals surface area contributed by atoms with Crippen molar-refractivity contribution >= 4 is 34.9 Å². The van der Waals surface area contributed by atoms with Crippen LogP contribution in [-0.2, 0) is 9.47 Å². The Kier molecular flexibility index (Phi) is 7.99. The Morgan fingerprint density at radius 3 is 2.79 bits per heavy atom. The molecule has 0 bridgehead atoms. The van der Waals surface area contributed by atoms with Crippen LogP contribution in [0.4, 0.5) is 11.4 Å². The van der Waals surface area contributed by atoms with Crippen LogP contribution in [0.15, 0.2) is 79.1 Å². The fourth-order valence-corrected chi connectivity index (χ4v) is 7.88. The third kappa shape index (κ3) is 5.62. The number of hydrogen-bond donors (Lipinski definition) is 2. The SMILES string of the molecule is COC1CCN(CCNc2ccc3c(c2)Sc2cccc(C4CN(c5ccc[nH]c5=O)CCO4)c2S3)CC1. The van der Waals surface area contributed by atoms with Gasteiger partial charge in [-0.15, -0.1) is 0 Å². The highest BCUT2D eigenvalue weighted by Crippen LogP contribution is 2.51. The zero-order chi connectivity index (χ0) is 25.9. The highest BCUT2D eigenvalue weighted by Gasteiger charge is 2.29. The van der Waals surface area contributed by atoms with Gasteiger partial charge in [0.15, 0.2) is 0 Å². The lowest BCUT2D eigenvalue weighted by Crippen LogP contribution is -2.41. The number of ether oxygens (including phenoxy) is 2. The number of aromatic nitrogens is 1. The molecule has 6 rings (SSSR count). The topological polar surface area (TPSA) is 69.8 Å². The van der Waals surface area contributed by atoms with Crippen LogP contribution in [0.1, 0.15) is 24.5 Å². The number of morpholine rings is 1. The second-order valence-corrected chi connectivity index (χ2v) is 12.1. The molecular formula is C29H34N4O3S2. The molecule has 0 spiro atoms. The van der Waals surface area contributed by atoms with Gasteiger partial charge in [-0.3, -0.25) is 4.79 Å². The average molecular weight is 551 g/mol. The van der Waals surface area contributed by atoms with E-state index in [4.69, 9.17) is 9.47 Å².